The van der Waals surface area contributed by atoms with Gasteiger partial charge in [0.2, 0.25) is 5.95 Å². The van der Waals surface area contributed by atoms with E-state index in [0.717, 1.165) is 12.1 Å². The lowest BCUT2D eigenvalue weighted by Crippen LogP contribution is -2.17. The minimum atomic E-state index is -4.82. The molecule has 168 valence electrons. The Labute approximate surface area is 185 Å². The molecule has 0 aliphatic heterocycles. The fraction of sp³-hybridized carbons (Fsp3) is 0.182. The molecule has 1 aromatic heterocycles. The third-order valence-electron chi connectivity index (χ3n) is 4.63. The van der Waals surface area contributed by atoms with Gasteiger partial charge in [0, 0.05) is 5.69 Å². The number of halogens is 6. The highest BCUT2D eigenvalue weighted by molar-refractivity contribution is 6.33. The Hall–Kier alpha value is -3.20. The molecule has 2 aromatic carbocycles. The van der Waals surface area contributed by atoms with Gasteiger partial charge in [0.25, 0.3) is 5.91 Å². The Morgan fingerprint density at radius 1 is 1.03 bits per heavy atom. The van der Waals surface area contributed by atoms with Crippen LogP contribution in [0.4, 0.5) is 27.6 Å². The number of aromatic nitrogens is 1. The van der Waals surface area contributed by atoms with Crippen molar-refractivity contribution in [3.05, 3.63) is 81.1 Å². The Morgan fingerprint density at radius 2 is 1.72 bits per heavy atom. The number of carbonyl (C=O) groups excluding carboxylic acids is 1. The number of aryl methyl sites for hydroxylation is 2. The summed E-state index contributed by atoms with van der Waals surface area (Å²) in [6.07, 6.45) is -4.82. The maximum Gasteiger partial charge on any atom is 0.417 e. The molecule has 10 heteroatoms. The van der Waals surface area contributed by atoms with E-state index in [4.69, 9.17) is 16.3 Å². The molecule has 0 unspecified atom stereocenters. The maximum absolute atomic E-state index is 13.5. The molecular formula is C22H16ClF5N2O2. The highest BCUT2D eigenvalue weighted by Gasteiger charge is 2.37. The minimum absolute atomic E-state index is 0.0482. The number of rotatable bonds is 4. The van der Waals surface area contributed by atoms with Gasteiger partial charge in [-0.25, -0.2) is 9.37 Å². The summed E-state index contributed by atoms with van der Waals surface area (Å²) < 4.78 is 72.9. The molecular weight excluding hydrogens is 455 g/mol. The molecule has 0 saturated heterocycles. The smallest absolute Gasteiger partial charge is 0.417 e. The molecule has 3 aromatic rings. The number of alkyl halides is 3. The minimum Gasteiger partial charge on any atom is -0.455 e. The molecule has 0 spiro atoms. The number of hydrogen-bond acceptors (Lipinski definition) is 3. The molecule has 0 bridgehead atoms. The quantitative estimate of drug-likeness (QED) is 0.330. The first-order valence-electron chi connectivity index (χ1n) is 9.17. The average molecular weight is 471 g/mol. The van der Waals surface area contributed by atoms with Crippen molar-refractivity contribution in [3.63, 3.8) is 0 Å². The normalized spacial score (nSPS) is 11.4. The van der Waals surface area contributed by atoms with Gasteiger partial charge in [-0.05, 0) is 68.3 Å². The van der Waals surface area contributed by atoms with E-state index in [2.05, 4.69) is 10.3 Å². The molecule has 3 rings (SSSR count). The van der Waals surface area contributed by atoms with Gasteiger partial charge in [-0.3, -0.25) is 4.79 Å². The highest BCUT2D eigenvalue weighted by atomic mass is 35.5. The summed E-state index contributed by atoms with van der Waals surface area (Å²) in [6.45, 7) is 4.13. The van der Waals surface area contributed by atoms with E-state index in [1.54, 1.807) is 0 Å². The van der Waals surface area contributed by atoms with Crippen molar-refractivity contribution in [2.45, 2.75) is 26.9 Å². The molecule has 0 atom stereocenters. The van der Waals surface area contributed by atoms with Crippen LogP contribution >= 0.6 is 11.6 Å². The predicted molar refractivity (Wildman–Crippen MR) is 109 cm³/mol. The van der Waals surface area contributed by atoms with Crippen LogP contribution in [0.25, 0.3) is 0 Å². The van der Waals surface area contributed by atoms with Gasteiger partial charge in [-0.2, -0.15) is 17.6 Å². The monoisotopic (exact) mass is 470 g/mol. The molecule has 0 aliphatic carbocycles. The lowest BCUT2D eigenvalue weighted by molar-refractivity contribution is -0.137. The number of anilines is 1. The number of carbonyl (C=O) groups is 1. The summed E-state index contributed by atoms with van der Waals surface area (Å²) >= 11 is 5.94. The summed E-state index contributed by atoms with van der Waals surface area (Å²) in [5, 5.41) is 1.83. The fourth-order valence-electron chi connectivity index (χ4n) is 2.99. The molecule has 1 N–H and O–H groups in total. The van der Waals surface area contributed by atoms with Gasteiger partial charge in [-0.1, -0.05) is 11.6 Å². The van der Waals surface area contributed by atoms with Crippen LogP contribution in [-0.4, -0.2) is 10.9 Å². The number of nitrogens with one attached hydrogen (secondary N) is 1. The second kappa shape index (κ2) is 8.74. The summed E-state index contributed by atoms with van der Waals surface area (Å²) in [7, 11) is 0. The summed E-state index contributed by atoms with van der Waals surface area (Å²) in [4.78, 5) is 16.6. The van der Waals surface area contributed by atoms with Crippen molar-refractivity contribution in [1.82, 2.24) is 4.98 Å². The van der Waals surface area contributed by atoms with Crippen molar-refractivity contribution < 1.29 is 31.5 Å². The average Bonchev–Trinajstić information content (AvgIpc) is 2.68. The molecule has 0 radical (unpaired) electrons. The van der Waals surface area contributed by atoms with Crippen LogP contribution in [-0.2, 0) is 6.18 Å². The van der Waals surface area contributed by atoms with Gasteiger partial charge in [0.1, 0.15) is 17.3 Å². The lowest BCUT2D eigenvalue weighted by atomic mass is 10.0. The van der Waals surface area contributed by atoms with Crippen LogP contribution in [0, 0.1) is 32.5 Å². The first kappa shape index (κ1) is 23.5. The number of amides is 1. The summed E-state index contributed by atoms with van der Waals surface area (Å²) in [6, 6.07) is 6.56. The van der Waals surface area contributed by atoms with Crippen molar-refractivity contribution in [3.8, 4) is 11.5 Å². The largest absolute Gasteiger partial charge is 0.455 e. The van der Waals surface area contributed by atoms with Crippen LogP contribution < -0.4 is 10.1 Å². The Kier molecular flexibility index (Phi) is 6.41. The van der Waals surface area contributed by atoms with E-state index < -0.39 is 40.2 Å². The predicted octanol–water partition coefficient (Wildman–Crippen LogP) is 7.00. The van der Waals surface area contributed by atoms with Crippen molar-refractivity contribution in [2.24, 2.45) is 0 Å². The van der Waals surface area contributed by atoms with Gasteiger partial charge >= 0.3 is 6.18 Å². The SMILES string of the molecule is Cc1cc(NC(=O)c2c(Oc3ccc(F)nc3C)cc(C(F)(F)F)c(Cl)c2C)ccc1F. The van der Waals surface area contributed by atoms with E-state index >= 15 is 0 Å². The summed E-state index contributed by atoms with van der Waals surface area (Å²) in [5.41, 5.74) is -1.11. The Bertz CT molecular complexity index is 1210. The van der Waals surface area contributed by atoms with E-state index in [9.17, 15) is 26.7 Å². The zero-order valence-electron chi connectivity index (χ0n) is 17.0. The lowest BCUT2D eigenvalue weighted by Gasteiger charge is -2.19. The van der Waals surface area contributed by atoms with Gasteiger partial charge in [0.15, 0.2) is 0 Å². The Morgan fingerprint density at radius 3 is 2.31 bits per heavy atom. The van der Waals surface area contributed by atoms with Crippen molar-refractivity contribution in [1.29, 1.82) is 0 Å². The van der Waals surface area contributed by atoms with E-state index in [1.165, 1.54) is 39.0 Å². The fourth-order valence-corrected chi connectivity index (χ4v) is 3.25. The van der Waals surface area contributed by atoms with Crippen molar-refractivity contribution in [2.75, 3.05) is 5.32 Å². The van der Waals surface area contributed by atoms with Crippen LogP contribution in [0.15, 0.2) is 36.4 Å². The third-order valence-corrected chi connectivity index (χ3v) is 5.12. The second-order valence-corrected chi connectivity index (χ2v) is 7.35. The molecule has 0 aliphatic rings. The molecule has 1 heterocycles. The number of pyridine rings is 1. The standard InChI is InChI=1S/C22H16ClF5N2O2/c1-10-8-13(4-5-15(10)24)30-21(31)19-11(2)20(23)14(22(26,27)28)9-17(19)32-16-6-7-18(25)29-12(16)3/h4-9H,1-3H3,(H,30,31). The van der Waals surface area contributed by atoms with Gasteiger partial charge in [-0.15, -0.1) is 0 Å². The van der Waals surface area contributed by atoms with Gasteiger partial charge in [0.05, 0.1) is 21.8 Å². The number of hydrogen-bond donors (Lipinski definition) is 1. The second-order valence-electron chi connectivity index (χ2n) is 6.97. The van der Waals surface area contributed by atoms with Crippen LogP contribution in [0.5, 0.6) is 11.5 Å². The Balaban J connectivity index is 2.13. The zero-order chi connectivity index (χ0) is 23.8. The highest BCUT2D eigenvalue weighted by Crippen LogP contribution is 2.42. The molecule has 0 fully saturated rings. The van der Waals surface area contributed by atoms with E-state index in [-0.39, 0.29) is 33.8 Å². The van der Waals surface area contributed by atoms with Gasteiger partial charge < -0.3 is 10.1 Å². The number of ether oxygens (including phenoxy) is 1. The molecule has 0 saturated carbocycles. The first-order chi connectivity index (χ1) is 14.9. The third kappa shape index (κ3) is 4.83. The zero-order valence-corrected chi connectivity index (χ0v) is 17.8. The molecule has 32 heavy (non-hydrogen) atoms. The van der Waals surface area contributed by atoms with Crippen LogP contribution in [0.3, 0.4) is 0 Å². The van der Waals surface area contributed by atoms with Crippen molar-refractivity contribution >= 4 is 23.2 Å². The maximum atomic E-state index is 13.5. The number of benzene rings is 2. The van der Waals surface area contributed by atoms with E-state index in [0.29, 0.717) is 6.07 Å². The number of nitrogens with zero attached hydrogens (tertiary/aromatic N) is 1. The topological polar surface area (TPSA) is 51.2 Å². The van der Waals surface area contributed by atoms with Crippen LogP contribution in [0.1, 0.15) is 32.7 Å². The van der Waals surface area contributed by atoms with Crippen LogP contribution in [0.2, 0.25) is 5.02 Å². The van der Waals surface area contributed by atoms with E-state index in [1.807, 2.05) is 0 Å². The molecule has 1 amide bonds. The first-order valence-corrected chi connectivity index (χ1v) is 9.55. The summed E-state index contributed by atoms with van der Waals surface area (Å²) in [5.74, 6) is -2.62. The molecule has 4 nitrogen and oxygen atoms in total.